The smallest absolute Gasteiger partial charge is 0.128 e. The van der Waals surface area contributed by atoms with Crippen LogP contribution in [0.15, 0.2) is 0 Å². The Kier molecular flexibility index (Phi) is 1.65. The van der Waals surface area contributed by atoms with Gasteiger partial charge in [0.2, 0.25) is 0 Å². The average Bonchev–Trinajstić information content (AvgIpc) is 2.70. The molecule has 3 rings (SSSR count). The Bertz CT molecular complexity index is 271. The van der Waals surface area contributed by atoms with Crippen molar-refractivity contribution in [2.75, 3.05) is 0 Å². The number of aldehydes is 1. The Balaban J connectivity index is 2.03. The van der Waals surface area contributed by atoms with Crippen molar-refractivity contribution in [1.29, 1.82) is 0 Å². The van der Waals surface area contributed by atoms with E-state index in [0.29, 0.717) is 5.92 Å². The molecule has 0 amide bonds. The second-order valence-corrected chi connectivity index (χ2v) is 5.61. The highest BCUT2D eigenvalue weighted by Crippen LogP contribution is 2.65. The average molecular weight is 194 g/mol. The highest BCUT2D eigenvalue weighted by molar-refractivity contribution is 5.62. The van der Waals surface area contributed by atoms with Crippen molar-refractivity contribution in [3.05, 3.63) is 0 Å². The molecule has 0 aromatic heterocycles. The maximum atomic E-state index is 11.2. The largest absolute Gasteiger partial charge is 0.392 e. The number of fused-ring (bicyclic) bond motifs is 1. The van der Waals surface area contributed by atoms with Gasteiger partial charge in [0.05, 0.1) is 11.5 Å². The number of hydrogen-bond acceptors (Lipinski definition) is 2. The summed E-state index contributed by atoms with van der Waals surface area (Å²) in [4.78, 5) is 11.2. The van der Waals surface area contributed by atoms with E-state index in [0.717, 1.165) is 32.0 Å². The second-order valence-electron chi connectivity index (χ2n) is 5.61. The van der Waals surface area contributed by atoms with Gasteiger partial charge < -0.3 is 9.90 Å². The van der Waals surface area contributed by atoms with Crippen molar-refractivity contribution >= 4 is 6.29 Å². The van der Waals surface area contributed by atoms with Crippen LogP contribution in [0.5, 0.6) is 0 Å². The summed E-state index contributed by atoms with van der Waals surface area (Å²) in [5, 5.41) is 10.4. The molecule has 4 atom stereocenters. The zero-order valence-electron chi connectivity index (χ0n) is 8.54. The molecule has 2 nitrogen and oxygen atoms in total. The SMILES string of the molecule is O=CC12CC[C@@H]3CCC[C@]3(CC1)C2O. The number of carbonyl (C=O) groups is 1. The molecule has 2 unspecified atom stereocenters. The molecule has 3 saturated carbocycles. The fourth-order valence-electron chi connectivity index (χ4n) is 4.49. The van der Waals surface area contributed by atoms with Crippen molar-refractivity contribution < 1.29 is 9.90 Å². The van der Waals surface area contributed by atoms with Gasteiger partial charge in [-0.05, 0) is 44.4 Å². The second kappa shape index (κ2) is 2.60. The van der Waals surface area contributed by atoms with Crippen LogP contribution in [0.3, 0.4) is 0 Å². The van der Waals surface area contributed by atoms with Crippen molar-refractivity contribution in [3.8, 4) is 0 Å². The molecular formula is C12H18O2. The molecule has 3 aliphatic carbocycles. The molecule has 0 heterocycles. The molecule has 0 radical (unpaired) electrons. The molecular weight excluding hydrogens is 176 g/mol. The lowest BCUT2D eigenvalue weighted by atomic mass is 9.63. The van der Waals surface area contributed by atoms with E-state index in [1.54, 1.807) is 0 Å². The molecule has 78 valence electrons. The summed E-state index contributed by atoms with van der Waals surface area (Å²) in [7, 11) is 0. The Morgan fingerprint density at radius 3 is 2.79 bits per heavy atom. The summed E-state index contributed by atoms with van der Waals surface area (Å²) < 4.78 is 0. The van der Waals surface area contributed by atoms with E-state index in [9.17, 15) is 9.90 Å². The predicted octanol–water partition coefficient (Wildman–Crippen LogP) is 1.91. The van der Waals surface area contributed by atoms with Crippen molar-refractivity contribution in [3.63, 3.8) is 0 Å². The van der Waals surface area contributed by atoms with Crippen LogP contribution >= 0.6 is 0 Å². The first-order valence-electron chi connectivity index (χ1n) is 5.88. The summed E-state index contributed by atoms with van der Waals surface area (Å²) in [5.74, 6) is 0.716. The van der Waals surface area contributed by atoms with E-state index in [1.165, 1.54) is 19.3 Å². The third-order valence-corrected chi connectivity index (χ3v) is 5.35. The maximum absolute atomic E-state index is 11.2. The van der Waals surface area contributed by atoms with E-state index in [4.69, 9.17) is 0 Å². The summed E-state index contributed by atoms with van der Waals surface area (Å²) in [6, 6.07) is 0. The Hall–Kier alpha value is -0.370. The van der Waals surface area contributed by atoms with E-state index in [-0.39, 0.29) is 16.9 Å². The minimum Gasteiger partial charge on any atom is -0.392 e. The van der Waals surface area contributed by atoms with Crippen LogP contribution in [-0.4, -0.2) is 17.5 Å². The van der Waals surface area contributed by atoms with Gasteiger partial charge in [-0.15, -0.1) is 0 Å². The van der Waals surface area contributed by atoms with Gasteiger partial charge in [0.25, 0.3) is 0 Å². The number of carbonyl (C=O) groups excluding carboxylic acids is 1. The molecule has 14 heavy (non-hydrogen) atoms. The summed E-state index contributed by atoms with van der Waals surface area (Å²) >= 11 is 0. The van der Waals surface area contributed by atoms with E-state index < -0.39 is 0 Å². The molecule has 1 spiro atoms. The minimum atomic E-state index is -0.346. The monoisotopic (exact) mass is 194 g/mol. The topological polar surface area (TPSA) is 37.3 Å². The van der Waals surface area contributed by atoms with Gasteiger partial charge in [-0.25, -0.2) is 0 Å². The van der Waals surface area contributed by atoms with Gasteiger partial charge in [0.15, 0.2) is 0 Å². The molecule has 0 aliphatic heterocycles. The van der Waals surface area contributed by atoms with Crippen LogP contribution in [0.25, 0.3) is 0 Å². The lowest BCUT2D eigenvalue weighted by Crippen LogP contribution is -2.47. The number of rotatable bonds is 1. The van der Waals surface area contributed by atoms with Crippen LogP contribution in [0.4, 0.5) is 0 Å². The van der Waals surface area contributed by atoms with Crippen molar-refractivity contribution in [2.24, 2.45) is 16.7 Å². The lowest BCUT2D eigenvalue weighted by Gasteiger charge is -2.44. The first kappa shape index (κ1) is 8.90. The number of hydrogen-bond donors (Lipinski definition) is 1. The molecule has 0 aromatic carbocycles. The van der Waals surface area contributed by atoms with E-state index in [2.05, 4.69) is 0 Å². The van der Waals surface area contributed by atoms with Crippen LogP contribution in [-0.2, 0) is 4.79 Å². The minimum absolute atomic E-state index is 0.152. The molecule has 3 fully saturated rings. The molecule has 0 aromatic rings. The third kappa shape index (κ3) is 0.796. The van der Waals surface area contributed by atoms with Gasteiger partial charge in [-0.2, -0.15) is 0 Å². The zero-order chi connectivity index (χ0) is 9.81. The summed E-state index contributed by atoms with van der Waals surface area (Å²) in [6.07, 6.45) is 8.58. The quantitative estimate of drug-likeness (QED) is 0.647. The summed E-state index contributed by atoms with van der Waals surface area (Å²) in [5.41, 5.74) is -0.194. The zero-order valence-corrected chi connectivity index (χ0v) is 8.54. The molecule has 1 N–H and O–H groups in total. The van der Waals surface area contributed by atoms with Gasteiger partial charge in [0, 0.05) is 5.41 Å². The predicted molar refractivity (Wildman–Crippen MR) is 52.7 cm³/mol. The highest BCUT2D eigenvalue weighted by atomic mass is 16.3. The van der Waals surface area contributed by atoms with Crippen molar-refractivity contribution in [1.82, 2.24) is 0 Å². The maximum Gasteiger partial charge on any atom is 0.128 e. The molecule has 2 heteroatoms. The van der Waals surface area contributed by atoms with Crippen LogP contribution in [0.1, 0.15) is 44.9 Å². The van der Waals surface area contributed by atoms with Gasteiger partial charge >= 0.3 is 0 Å². The molecule has 0 saturated heterocycles. The summed E-state index contributed by atoms with van der Waals surface area (Å²) in [6.45, 7) is 0. The van der Waals surface area contributed by atoms with Gasteiger partial charge in [-0.3, -0.25) is 0 Å². The van der Waals surface area contributed by atoms with Gasteiger partial charge in [-0.1, -0.05) is 6.42 Å². The fraction of sp³-hybridized carbons (Fsp3) is 0.917. The number of aliphatic hydroxyl groups excluding tert-OH is 1. The van der Waals surface area contributed by atoms with Crippen LogP contribution in [0, 0.1) is 16.7 Å². The highest BCUT2D eigenvalue weighted by Gasteiger charge is 2.63. The fourth-order valence-corrected chi connectivity index (χ4v) is 4.49. The third-order valence-electron chi connectivity index (χ3n) is 5.35. The Morgan fingerprint density at radius 2 is 2.00 bits per heavy atom. The van der Waals surface area contributed by atoms with Crippen molar-refractivity contribution in [2.45, 2.75) is 51.0 Å². The first-order valence-corrected chi connectivity index (χ1v) is 5.88. The van der Waals surface area contributed by atoms with Crippen LogP contribution in [0.2, 0.25) is 0 Å². The molecule has 2 bridgehead atoms. The van der Waals surface area contributed by atoms with E-state index in [1.807, 2.05) is 0 Å². The van der Waals surface area contributed by atoms with E-state index >= 15 is 0 Å². The lowest BCUT2D eigenvalue weighted by molar-refractivity contribution is -0.132. The first-order chi connectivity index (χ1) is 6.73. The Morgan fingerprint density at radius 1 is 1.14 bits per heavy atom. The normalized spacial score (nSPS) is 55.8. The molecule has 3 aliphatic rings. The van der Waals surface area contributed by atoms with Gasteiger partial charge in [0.1, 0.15) is 6.29 Å². The Labute approximate surface area is 84.7 Å². The standard InChI is InChI=1S/C12H18O2/c13-8-11-5-3-9-2-1-4-12(9,7-6-11)10(11)14/h8-10,14H,1-7H2/t9-,10?,11?,12+/m0/s1. The van der Waals surface area contributed by atoms with Crippen LogP contribution < -0.4 is 0 Å². The number of aliphatic hydroxyl groups is 1.